The third-order valence-corrected chi connectivity index (χ3v) is 1.61. The molecule has 0 radical (unpaired) electrons. The number of alkyl halides is 1. The zero-order valence-electron chi connectivity index (χ0n) is 6.79. The van der Waals surface area contributed by atoms with Crippen LogP contribution in [0.5, 0.6) is 0 Å². The van der Waals surface area contributed by atoms with Crippen molar-refractivity contribution in [1.29, 1.82) is 0 Å². The van der Waals surface area contributed by atoms with Crippen molar-refractivity contribution in [2.24, 2.45) is 5.92 Å². The van der Waals surface area contributed by atoms with Crippen LogP contribution < -0.4 is 0 Å². The topological polar surface area (TPSA) is 12.9 Å². The fourth-order valence-corrected chi connectivity index (χ4v) is 0.932. The van der Waals surface area contributed by atoms with Gasteiger partial charge in [0, 0.05) is 12.4 Å². The summed E-state index contributed by atoms with van der Waals surface area (Å²) in [5.41, 5.74) is 0.718. The molecule has 0 fully saturated rings. The Bertz CT molecular complexity index is 208. The quantitative estimate of drug-likeness (QED) is 0.636. The van der Waals surface area contributed by atoms with Gasteiger partial charge in [0.05, 0.1) is 0 Å². The van der Waals surface area contributed by atoms with Crippen LogP contribution in [0, 0.1) is 5.92 Å². The van der Waals surface area contributed by atoms with Gasteiger partial charge >= 0.3 is 0 Å². The SMILES string of the molecule is CC(C)[C@H](F)c1ccncc1. The van der Waals surface area contributed by atoms with Gasteiger partial charge in [0.1, 0.15) is 6.17 Å². The lowest BCUT2D eigenvalue weighted by Gasteiger charge is -2.10. The smallest absolute Gasteiger partial charge is 0.128 e. The van der Waals surface area contributed by atoms with E-state index in [-0.39, 0.29) is 5.92 Å². The molecule has 0 amide bonds. The molecule has 0 bridgehead atoms. The third-order valence-electron chi connectivity index (χ3n) is 1.61. The van der Waals surface area contributed by atoms with Crippen molar-refractivity contribution in [2.75, 3.05) is 0 Å². The summed E-state index contributed by atoms with van der Waals surface area (Å²) in [7, 11) is 0. The number of hydrogen-bond donors (Lipinski definition) is 0. The minimum Gasteiger partial charge on any atom is -0.265 e. The maximum Gasteiger partial charge on any atom is 0.128 e. The van der Waals surface area contributed by atoms with E-state index in [2.05, 4.69) is 4.98 Å². The Morgan fingerprint density at radius 1 is 1.27 bits per heavy atom. The first-order chi connectivity index (χ1) is 5.22. The second-order valence-electron chi connectivity index (χ2n) is 2.93. The van der Waals surface area contributed by atoms with Crippen molar-refractivity contribution >= 4 is 0 Å². The minimum absolute atomic E-state index is 0.0393. The lowest BCUT2D eigenvalue weighted by atomic mass is 10.0. The highest BCUT2D eigenvalue weighted by Gasteiger charge is 2.12. The van der Waals surface area contributed by atoms with E-state index in [4.69, 9.17) is 0 Å². The van der Waals surface area contributed by atoms with E-state index in [1.54, 1.807) is 24.5 Å². The van der Waals surface area contributed by atoms with Crippen molar-refractivity contribution in [1.82, 2.24) is 4.98 Å². The fraction of sp³-hybridized carbons (Fsp3) is 0.444. The van der Waals surface area contributed by atoms with Gasteiger partial charge in [-0.2, -0.15) is 0 Å². The van der Waals surface area contributed by atoms with Gasteiger partial charge in [0.2, 0.25) is 0 Å². The number of hydrogen-bond acceptors (Lipinski definition) is 1. The molecule has 2 heteroatoms. The molecule has 0 aromatic carbocycles. The Kier molecular flexibility index (Phi) is 2.58. The van der Waals surface area contributed by atoms with Crippen molar-refractivity contribution in [2.45, 2.75) is 20.0 Å². The minimum atomic E-state index is -0.863. The number of aromatic nitrogens is 1. The molecule has 0 aliphatic carbocycles. The molecule has 60 valence electrons. The molecule has 11 heavy (non-hydrogen) atoms. The van der Waals surface area contributed by atoms with Crippen molar-refractivity contribution in [3.8, 4) is 0 Å². The summed E-state index contributed by atoms with van der Waals surface area (Å²) in [4.78, 5) is 3.82. The summed E-state index contributed by atoms with van der Waals surface area (Å²) >= 11 is 0. The standard InChI is InChI=1S/C9H12FN/c1-7(2)9(10)8-3-5-11-6-4-8/h3-7,9H,1-2H3/t9-/m0/s1. The first-order valence-corrected chi connectivity index (χ1v) is 3.76. The number of pyridine rings is 1. The molecular weight excluding hydrogens is 141 g/mol. The molecule has 0 saturated carbocycles. The molecule has 0 N–H and O–H groups in total. The van der Waals surface area contributed by atoms with E-state index in [1.165, 1.54) is 0 Å². The molecule has 0 unspecified atom stereocenters. The van der Waals surface area contributed by atoms with Gasteiger partial charge in [0.15, 0.2) is 0 Å². The predicted molar refractivity (Wildman–Crippen MR) is 42.9 cm³/mol. The molecule has 1 heterocycles. The maximum absolute atomic E-state index is 13.2. The molecule has 0 aliphatic heterocycles. The molecule has 1 aromatic heterocycles. The maximum atomic E-state index is 13.2. The molecule has 1 nitrogen and oxygen atoms in total. The molecule has 1 aromatic rings. The summed E-state index contributed by atoms with van der Waals surface area (Å²) in [5.74, 6) is 0.0393. The molecule has 0 saturated heterocycles. The zero-order chi connectivity index (χ0) is 8.27. The average molecular weight is 153 g/mol. The first-order valence-electron chi connectivity index (χ1n) is 3.76. The molecular formula is C9H12FN. The van der Waals surface area contributed by atoms with E-state index in [9.17, 15) is 4.39 Å². The fourth-order valence-electron chi connectivity index (χ4n) is 0.932. The summed E-state index contributed by atoms with van der Waals surface area (Å²) in [6, 6.07) is 3.43. The van der Waals surface area contributed by atoms with Crippen LogP contribution in [0.15, 0.2) is 24.5 Å². The predicted octanol–water partition coefficient (Wildman–Crippen LogP) is 2.75. The lowest BCUT2D eigenvalue weighted by Crippen LogP contribution is -1.99. The Morgan fingerprint density at radius 2 is 1.82 bits per heavy atom. The summed E-state index contributed by atoms with van der Waals surface area (Å²) < 4.78 is 13.2. The lowest BCUT2D eigenvalue weighted by molar-refractivity contribution is 0.261. The Hall–Kier alpha value is -0.920. The van der Waals surface area contributed by atoms with E-state index in [1.807, 2.05) is 13.8 Å². The van der Waals surface area contributed by atoms with Crippen molar-refractivity contribution in [3.05, 3.63) is 30.1 Å². The zero-order valence-corrected chi connectivity index (χ0v) is 6.79. The number of rotatable bonds is 2. The van der Waals surface area contributed by atoms with Crippen LogP contribution in [0.3, 0.4) is 0 Å². The second-order valence-corrected chi connectivity index (χ2v) is 2.93. The van der Waals surface area contributed by atoms with Crippen LogP contribution in [0.1, 0.15) is 25.6 Å². The van der Waals surface area contributed by atoms with E-state index in [0.717, 1.165) is 5.56 Å². The normalized spacial score (nSPS) is 13.5. The summed E-state index contributed by atoms with van der Waals surface area (Å²) in [6.07, 6.45) is 2.37. The number of nitrogens with zero attached hydrogens (tertiary/aromatic N) is 1. The third kappa shape index (κ3) is 2.00. The van der Waals surface area contributed by atoms with Gasteiger partial charge in [-0.05, 0) is 23.6 Å². The van der Waals surface area contributed by atoms with Crippen LogP contribution in [0.4, 0.5) is 4.39 Å². The van der Waals surface area contributed by atoms with Crippen LogP contribution in [-0.4, -0.2) is 4.98 Å². The van der Waals surface area contributed by atoms with Gasteiger partial charge in [-0.15, -0.1) is 0 Å². The highest BCUT2D eigenvalue weighted by Crippen LogP contribution is 2.24. The van der Waals surface area contributed by atoms with Gasteiger partial charge in [-0.1, -0.05) is 13.8 Å². The highest BCUT2D eigenvalue weighted by atomic mass is 19.1. The van der Waals surface area contributed by atoms with Gasteiger partial charge in [-0.25, -0.2) is 4.39 Å². The monoisotopic (exact) mass is 153 g/mol. The van der Waals surface area contributed by atoms with Crippen LogP contribution in [0.2, 0.25) is 0 Å². The Labute approximate surface area is 66.3 Å². The number of halogens is 1. The van der Waals surface area contributed by atoms with E-state index >= 15 is 0 Å². The van der Waals surface area contributed by atoms with Gasteiger partial charge in [0.25, 0.3) is 0 Å². The second kappa shape index (κ2) is 3.46. The van der Waals surface area contributed by atoms with E-state index < -0.39 is 6.17 Å². The van der Waals surface area contributed by atoms with Crippen LogP contribution in [0.25, 0.3) is 0 Å². The Morgan fingerprint density at radius 3 is 2.27 bits per heavy atom. The summed E-state index contributed by atoms with van der Waals surface area (Å²) in [5, 5.41) is 0. The molecule has 0 aliphatic rings. The van der Waals surface area contributed by atoms with Crippen molar-refractivity contribution in [3.63, 3.8) is 0 Å². The largest absolute Gasteiger partial charge is 0.265 e. The Balaban J connectivity index is 2.77. The van der Waals surface area contributed by atoms with Crippen molar-refractivity contribution < 1.29 is 4.39 Å². The molecule has 1 rings (SSSR count). The van der Waals surface area contributed by atoms with Crippen LogP contribution >= 0.6 is 0 Å². The van der Waals surface area contributed by atoms with Crippen LogP contribution in [-0.2, 0) is 0 Å². The molecule has 1 atom stereocenters. The molecule has 0 spiro atoms. The van der Waals surface area contributed by atoms with E-state index in [0.29, 0.717) is 0 Å². The van der Waals surface area contributed by atoms with Gasteiger partial charge < -0.3 is 0 Å². The highest BCUT2D eigenvalue weighted by molar-refractivity contribution is 5.13. The summed E-state index contributed by atoms with van der Waals surface area (Å²) in [6.45, 7) is 3.73. The van der Waals surface area contributed by atoms with Gasteiger partial charge in [-0.3, -0.25) is 4.98 Å². The first kappa shape index (κ1) is 8.18. The average Bonchev–Trinajstić information content (AvgIpc) is 2.05.